The summed E-state index contributed by atoms with van der Waals surface area (Å²) in [4.78, 5) is 12.1. The van der Waals surface area contributed by atoms with Crippen molar-refractivity contribution in [1.29, 1.82) is 0 Å². The van der Waals surface area contributed by atoms with Crippen molar-refractivity contribution in [2.75, 3.05) is 0 Å². The highest BCUT2D eigenvalue weighted by atomic mass is 16.1. The molecule has 0 heterocycles. The summed E-state index contributed by atoms with van der Waals surface area (Å²) in [5.41, 5.74) is 4.21. The van der Waals surface area contributed by atoms with Crippen LogP contribution in [-0.4, -0.2) is 5.78 Å². The van der Waals surface area contributed by atoms with Crippen molar-refractivity contribution in [2.24, 2.45) is 0 Å². The number of Topliss-reactive ketones (excluding diaryl/α,β-unsaturated/α-hetero) is 1. The highest BCUT2D eigenvalue weighted by molar-refractivity contribution is 5.97. The number of benzene rings is 2. The highest BCUT2D eigenvalue weighted by Gasteiger charge is 2.08. The Morgan fingerprint density at radius 3 is 2.47 bits per heavy atom. The van der Waals surface area contributed by atoms with E-state index in [0.717, 1.165) is 16.7 Å². The summed E-state index contributed by atoms with van der Waals surface area (Å²) >= 11 is 0. The molecule has 0 saturated heterocycles. The minimum Gasteiger partial charge on any atom is -0.294 e. The van der Waals surface area contributed by atoms with Crippen LogP contribution in [0.2, 0.25) is 0 Å². The number of hydrogen-bond donors (Lipinski definition) is 0. The average molecular weight is 224 g/mol. The normalized spacial score (nSPS) is 10.2. The van der Waals surface area contributed by atoms with E-state index in [9.17, 15) is 4.79 Å². The number of aryl methyl sites for hydroxylation is 2. The van der Waals surface area contributed by atoms with Crippen LogP contribution < -0.4 is 0 Å². The molecule has 0 bridgehead atoms. The Hall–Kier alpha value is -1.89. The van der Waals surface area contributed by atoms with E-state index in [1.54, 1.807) is 0 Å². The quantitative estimate of drug-likeness (QED) is 0.726. The van der Waals surface area contributed by atoms with Gasteiger partial charge < -0.3 is 0 Å². The first-order chi connectivity index (χ1) is 8.16. The molecule has 0 N–H and O–H groups in total. The molecule has 86 valence electrons. The molecule has 2 aromatic rings. The van der Waals surface area contributed by atoms with Crippen LogP contribution in [-0.2, 0) is 6.42 Å². The number of carbonyl (C=O) groups excluding carboxylic acids is 1. The first-order valence-electron chi connectivity index (χ1n) is 5.81. The summed E-state index contributed by atoms with van der Waals surface area (Å²) in [6, 6.07) is 15.8. The molecule has 0 amide bonds. The number of ketones is 1. The molecule has 17 heavy (non-hydrogen) atoms. The van der Waals surface area contributed by atoms with Gasteiger partial charge in [0.2, 0.25) is 0 Å². The average Bonchev–Trinajstić information content (AvgIpc) is 2.32. The zero-order chi connectivity index (χ0) is 12.3. The monoisotopic (exact) mass is 224 g/mol. The fourth-order valence-electron chi connectivity index (χ4n) is 1.90. The summed E-state index contributed by atoms with van der Waals surface area (Å²) < 4.78 is 0. The Kier molecular flexibility index (Phi) is 3.38. The molecule has 1 nitrogen and oxygen atoms in total. The smallest absolute Gasteiger partial charge is 0.167 e. The minimum absolute atomic E-state index is 0.183. The van der Waals surface area contributed by atoms with Gasteiger partial charge >= 0.3 is 0 Å². The van der Waals surface area contributed by atoms with E-state index in [-0.39, 0.29) is 5.78 Å². The largest absolute Gasteiger partial charge is 0.294 e. The lowest BCUT2D eigenvalue weighted by Crippen LogP contribution is -2.04. The lowest BCUT2D eigenvalue weighted by Gasteiger charge is -2.05. The molecule has 2 rings (SSSR count). The molecule has 1 heteroatoms. The Labute approximate surface area is 102 Å². The molecule has 0 aromatic heterocycles. The van der Waals surface area contributed by atoms with E-state index in [4.69, 9.17) is 0 Å². The van der Waals surface area contributed by atoms with Crippen LogP contribution in [0.5, 0.6) is 0 Å². The SMILES string of the molecule is Cc1cccc(C(=O)Cc2ccccc2C)c1. The summed E-state index contributed by atoms with van der Waals surface area (Å²) in [6.07, 6.45) is 0.482. The van der Waals surface area contributed by atoms with Crippen LogP contribution in [0.25, 0.3) is 0 Å². The van der Waals surface area contributed by atoms with Crippen LogP contribution in [0.1, 0.15) is 27.0 Å². The first-order valence-corrected chi connectivity index (χ1v) is 5.81. The summed E-state index contributed by atoms with van der Waals surface area (Å²) in [5, 5.41) is 0. The lowest BCUT2D eigenvalue weighted by molar-refractivity contribution is 0.0992. The van der Waals surface area contributed by atoms with Crippen molar-refractivity contribution in [2.45, 2.75) is 20.3 Å². The zero-order valence-electron chi connectivity index (χ0n) is 10.2. The van der Waals surface area contributed by atoms with Gasteiger partial charge in [-0.1, -0.05) is 48.0 Å². The molecular weight excluding hydrogens is 208 g/mol. The van der Waals surface area contributed by atoms with Crippen molar-refractivity contribution in [3.8, 4) is 0 Å². The Bertz CT molecular complexity index is 541. The molecule has 0 spiro atoms. The van der Waals surface area contributed by atoms with Gasteiger partial charge in [-0.15, -0.1) is 0 Å². The summed E-state index contributed by atoms with van der Waals surface area (Å²) in [6.45, 7) is 4.05. The minimum atomic E-state index is 0.183. The first kappa shape index (κ1) is 11.6. The molecule has 0 aliphatic carbocycles. The van der Waals surface area contributed by atoms with Gasteiger partial charge in [0.1, 0.15) is 0 Å². The summed E-state index contributed by atoms with van der Waals surface area (Å²) in [7, 11) is 0. The Morgan fingerprint density at radius 2 is 1.76 bits per heavy atom. The van der Waals surface area contributed by atoms with Crippen molar-refractivity contribution in [3.63, 3.8) is 0 Å². The second-order valence-electron chi connectivity index (χ2n) is 4.40. The lowest BCUT2D eigenvalue weighted by atomic mass is 9.99. The second kappa shape index (κ2) is 4.96. The third-order valence-corrected chi connectivity index (χ3v) is 2.95. The predicted octanol–water partition coefficient (Wildman–Crippen LogP) is 3.73. The number of rotatable bonds is 3. The van der Waals surface area contributed by atoms with Crippen LogP contribution in [0.15, 0.2) is 48.5 Å². The van der Waals surface area contributed by atoms with Crippen LogP contribution in [0.4, 0.5) is 0 Å². The molecule has 0 fully saturated rings. The highest BCUT2D eigenvalue weighted by Crippen LogP contribution is 2.12. The van der Waals surface area contributed by atoms with Gasteiger partial charge in [0.15, 0.2) is 5.78 Å². The van der Waals surface area contributed by atoms with E-state index in [2.05, 4.69) is 0 Å². The Balaban J connectivity index is 2.20. The van der Waals surface area contributed by atoms with Gasteiger partial charge in [0, 0.05) is 12.0 Å². The van der Waals surface area contributed by atoms with Crippen molar-refractivity contribution < 1.29 is 4.79 Å². The maximum atomic E-state index is 12.1. The van der Waals surface area contributed by atoms with Crippen LogP contribution in [0, 0.1) is 13.8 Å². The van der Waals surface area contributed by atoms with E-state index in [1.807, 2.05) is 62.4 Å². The van der Waals surface area contributed by atoms with E-state index >= 15 is 0 Å². The molecule has 0 atom stereocenters. The fraction of sp³-hybridized carbons (Fsp3) is 0.188. The number of carbonyl (C=O) groups is 1. The molecule has 0 aliphatic rings. The fourth-order valence-corrected chi connectivity index (χ4v) is 1.90. The molecule has 0 radical (unpaired) electrons. The van der Waals surface area contributed by atoms with E-state index in [0.29, 0.717) is 6.42 Å². The maximum Gasteiger partial charge on any atom is 0.167 e. The topological polar surface area (TPSA) is 17.1 Å². The summed E-state index contributed by atoms with van der Waals surface area (Å²) in [5.74, 6) is 0.183. The molecule has 0 saturated carbocycles. The third-order valence-electron chi connectivity index (χ3n) is 2.95. The van der Waals surface area contributed by atoms with Crippen molar-refractivity contribution in [1.82, 2.24) is 0 Å². The predicted molar refractivity (Wildman–Crippen MR) is 70.4 cm³/mol. The maximum absolute atomic E-state index is 12.1. The van der Waals surface area contributed by atoms with Gasteiger partial charge in [-0.2, -0.15) is 0 Å². The van der Waals surface area contributed by atoms with Crippen LogP contribution >= 0.6 is 0 Å². The van der Waals surface area contributed by atoms with Gasteiger partial charge in [-0.05, 0) is 31.0 Å². The zero-order valence-corrected chi connectivity index (χ0v) is 10.2. The van der Waals surface area contributed by atoms with Gasteiger partial charge in [-0.25, -0.2) is 0 Å². The second-order valence-corrected chi connectivity index (χ2v) is 4.40. The van der Waals surface area contributed by atoms with Gasteiger partial charge in [-0.3, -0.25) is 4.79 Å². The molecule has 0 unspecified atom stereocenters. The third kappa shape index (κ3) is 2.82. The van der Waals surface area contributed by atoms with E-state index < -0.39 is 0 Å². The standard InChI is InChI=1S/C16H16O/c1-12-6-5-9-15(10-12)16(17)11-14-8-4-3-7-13(14)2/h3-10H,11H2,1-2H3. The van der Waals surface area contributed by atoms with E-state index in [1.165, 1.54) is 5.56 Å². The molecule has 0 aliphatic heterocycles. The molecule has 2 aromatic carbocycles. The van der Waals surface area contributed by atoms with Crippen molar-refractivity contribution in [3.05, 3.63) is 70.8 Å². The van der Waals surface area contributed by atoms with Gasteiger partial charge in [0.25, 0.3) is 0 Å². The van der Waals surface area contributed by atoms with Crippen molar-refractivity contribution >= 4 is 5.78 Å². The van der Waals surface area contributed by atoms with Crippen LogP contribution in [0.3, 0.4) is 0 Å². The van der Waals surface area contributed by atoms with Gasteiger partial charge in [0.05, 0.1) is 0 Å². The number of hydrogen-bond acceptors (Lipinski definition) is 1. The molecular formula is C16H16O. The Morgan fingerprint density at radius 1 is 1.00 bits per heavy atom.